The van der Waals surface area contributed by atoms with Gasteiger partial charge in [-0.25, -0.2) is 0 Å². The van der Waals surface area contributed by atoms with Crippen molar-refractivity contribution in [2.75, 3.05) is 0 Å². The van der Waals surface area contributed by atoms with Crippen LogP contribution >= 0.6 is 0 Å². The molecule has 1 aliphatic rings. The third-order valence-corrected chi connectivity index (χ3v) is 40.0. The fourth-order valence-corrected chi connectivity index (χ4v) is 42.4. The molecule has 0 aliphatic carbocycles. The summed E-state index contributed by atoms with van der Waals surface area (Å²) in [7, 11) is 0. The van der Waals surface area contributed by atoms with Gasteiger partial charge in [-0.3, -0.25) is 0 Å². The van der Waals surface area contributed by atoms with Gasteiger partial charge in [-0.15, -0.1) is 0 Å². The second kappa shape index (κ2) is 5.83. The molecule has 0 unspecified atom stereocenters. The Morgan fingerprint density at radius 3 is 1.75 bits per heavy atom. The fraction of sp³-hybridized carbons (Fsp3) is 1.00. The summed E-state index contributed by atoms with van der Waals surface area (Å²) >= 11 is 4.63. The first-order valence-corrected chi connectivity index (χ1v) is 18.0. The van der Waals surface area contributed by atoms with Gasteiger partial charge >= 0.3 is 72.4 Å². The summed E-state index contributed by atoms with van der Waals surface area (Å²) in [5, 5.41) is 3.23. The molecule has 0 aromatic rings. The molecule has 0 aromatic heterocycles. The third kappa shape index (κ3) is 3.98. The van der Waals surface area contributed by atoms with Crippen molar-refractivity contribution in [3.05, 3.63) is 0 Å². The van der Waals surface area contributed by atoms with E-state index in [0.29, 0.717) is 0 Å². The monoisotopic (exact) mass is 376 g/mol. The molecule has 0 saturated carbocycles. The molecular weight excluding hydrogens is 364 g/mol. The van der Waals surface area contributed by atoms with Gasteiger partial charge in [-0.2, -0.15) is 0 Å². The standard InChI is InChI=1S/C4H8Se4/c1-2-4-6-8-7-5-3-1/h1-4H2. The number of hydrogen-bond acceptors (Lipinski definition) is 0. The van der Waals surface area contributed by atoms with Gasteiger partial charge < -0.3 is 0 Å². The maximum absolute atomic E-state index is 1.62. The topological polar surface area (TPSA) is 0 Å². The Labute approximate surface area is 71.6 Å². The molecule has 0 amide bonds. The van der Waals surface area contributed by atoms with E-state index in [1.807, 2.05) is 0 Å². The van der Waals surface area contributed by atoms with Crippen molar-refractivity contribution in [2.24, 2.45) is 0 Å². The first kappa shape index (κ1) is 8.18. The molecule has 0 nitrogen and oxygen atoms in total. The Balaban J connectivity index is 2.00. The van der Waals surface area contributed by atoms with Crippen LogP contribution in [-0.2, 0) is 0 Å². The van der Waals surface area contributed by atoms with Gasteiger partial charge in [0, 0.05) is 0 Å². The average Bonchev–Trinajstić information content (AvgIpc) is 1.62. The predicted molar refractivity (Wildman–Crippen MR) is 41.9 cm³/mol. The van der Waals surface area contributed by atoms with Crippen molar-refractivity contribution in [2.45, 2.75) is 23.5 Å². The Hall–Kier alpha value is 2.08. The van der Waals surface area contributed by atoms with E-state index in [0.717, 1.165) is 26.3 Å². The van der Waals surface area contributed by atoms with E-state index in [1.165, 1.54) is 22.6 Å². The molecule has 1 aliphatic heterocycles. The van der Waals surface area contributed by atoms with Crippen molar-refractivity contribution in [1.82, 2.24) is 0 Å². The van der Waals surface area contributed by atoms with Gasteiger partial charge in [0.05, 0.1) is 0 Å². The molecule has 0 bridgehead atoms. The van der Waals surface area contributed by atoms with Gasteiger partial charge in [-0.05, 0) is 0 Å². The van der Waals surface area contributed by atoms with Crippen LogP contribution in [0.15, 0.2) is 0 Å². The Morgan fingerprint density at radius 2 is 1.25 bits per heavy atom. The van der Waals surface area contributed by atoms with E-state index in [1.54, 1.807) is 23.5 Å². The number of hydrogen-bond donors (Lipinski definition) is 0. The normalized spacial score (nSPS) is 24.0. The summed E-state index contributed by atoms with van der Waals surface area (Å²) in [6.45, 7) is 0. The molecule has 0 atom stereocenters. The van der Waals surface area contributed by atoms with E-state index in [4.69, 9.17) is 0 Å². The van der Waals surface area contributed by atoms with Crippen molar-refractivity contribution < 1.29 is 0 Å². The van der Waals surface area contributed by atoms with E-state index in [9.17, 15) is 0 Å². The van der Waals surface area contributed by atoms with Gasteiger partial charge in [0.1, 0.15) is 0 Å². The van der Waals surface area contributed by atoms with Crippen LogP contribution in [0, 0.1) is 0 Å². The van der Waals surface area contributed by atoms with Gasteiger partial charge in [0.2, 0.25) is 0 Å². The quantitative estimate of drug-likeness (QED) is 0.533. The summed E-state index contributed by atoms with van der Waals surface area (Å²) in [6, 6.07) is 0. The van der Waals surface area contributed by atoms with Crippen LogP contribution in [0.4, 0.5) is 0 Å². The first-order chi connectivity index (χ1) is 4.00. The molecule has 0 aromatic carbocycles. The van der Waals surface area contributed by atoms with Gasteiger partial charge in [0.25, 0.3) is 0 Å². The van der Waals surface area contributed by atoms with Crippen LogP contribution in [0.2, 0.25) is 10.6 Å². The predicted octanol–water partition coefficient (Wildman–Crippen LogP) is 0.179. The SMILES string of the molecule is C1CC[Se][Se][Se][Se]C1. The van der Waals surface area contributed by atoms with Crippen LogP contribution in [0.25, 0.3) is 0 Å². The second-order valence-electron chi connectivity index (χ2n) is 1.49. The molecule has 1 saturated heterocycles. The minimum atomic E-state index is 1.13. The van der Waals surface area contributed by atoms with E-state index >= 15 is 0 Å². The zero-order valence-electron chi connectivity index (χ0n) is 4.46. The first-order valence-electron chi connectivity index (χ1n) is 2.58. The summed E-state index contributed by atoms with van der Waals surface area (Å²) in [6.07, 6.45) is 3.14. The van der Waals surface area contributed by atoms with E-state index in [-0.39, 0.29) is 0 Å². The van der Waals surface area contributed by atoms with Crippen molar-refractivity contribution in [1.29, 1.82) is 0 Å². The van der Waals surface area contributed by atoms with Crippen LogP contribution in [0.5, 0.6) is 0 Å². The molecule has 0 spiro atoms. The van der Waals surface area contributed by atoms with Crippen LogP contribution in [0.1, 0.15) is 12.8 Å². The molecule has 4 heteroatoms. The van der Waals surface area contributed by atoms with Crippen LogP contribution < -0.4 is 0 Å². The van der Waals surface area contributed by atoms with Crippen molar-refractivity contribution in [3.8, 4) is 0 Å². The van der Waals surface area contributed by atoms with Crippen molar-refractivity contribution >= 4 is 48.9 Å². The summed E-state index contributed by atoms with van der Waals surface area (Å²) in [5.74, 6) is 0. The minimum absolute atomic E-state index is 1.13. The summed E-state index contributed by atoms with van der Waals surface area (Å²) in [5.41, 5.74) is 0. The van der Waals surface area contributed by atoms with Crippen LogP contribution in [0.3, 0.4) is 0 Å². The third-order valence-electron chi connectivity index (χ3n) is 0.829. The molecule has 1 heterocycles. The Kier molecular flexibility index (Phi) is 5.96. The molecule has 1 rings (SSSR count). The molecule has 48 valence electrons. The molecule has 0 radical (unpaired) electrons. The van der Waals surface area contributed by atoms with Crippen LogP contribution in [-0.4, -0.2) is 48.9 Å². The summed E-state index contributed by atoms with van der Waals surface area (Å²) in [4.78, 5) is 0. The zero-order chi connectivity index (χ0) is 5.66. The summed E-state index contributed by atoms with van der Waals surface area (Å²) < 4.78 is 0. The van der Waals surface area contributed by atoms with Gasteiger partial charge in [0.15, 0.2) is 0 Å². The fourth-order valence-electron chi connectivity index (χ4n) is 0.429. The number of rotatable bonds is 0. The van der Waals surface area contributed by atoms with Crippen molar-refractivity contribution in [3.63, 3.8) is 0 Å². The van der Waals surface area contributed by atoms with Gasteiger partial charge in [-0.1, -0.05) is 0 Å². The second-order valence-corrected chi connectivity index (χ2v) is 28.3. The molecular formula is C4H8Se4. The molecule has 1 fully saturated rings. The molecule has 8 heavy (non-hydrogen) atoms. The molecule has 0 N–H and O–H groups in total. The average molecular weight is 372 g/mol. The maximum atomic E-state index is 1.62. The Bertz CT molecular complexity index is 32.0. The zero-order valence-corrected chi connectivity index (χ0v) is 11.3. The van der Waals surface area contributed by atoms with E-state index in [2.05, 4.69) is 0 Å². The van der Waals surface area contributed by atoms with E-state index < -0.39 is 0 Å². The Morgan fingerprint density at radius 1 is 0.750 bits per heavy atom.